The van der Waals surface area contributed by atoms with Crippen molar-refractivity contribution >= 4 is 17.7 Å². The molecule has 0 fully saturated rings. The molecule has 2 aromatic rings. The number of aliphatic hydroxyl groups excluding tert-OH is 2. The SMILES string of the molecule is O=C(CSc1ccc(C(F)(F)F)cn1)NC(CO)CC(O)c1ccccc1. The molecule has 0 saturated heterocycles. The number of pyridine rings is 1. The lowest BCUT2D eigenvalue weighted by Crippen LogP contribution is -2.39. The van der Waals surface area contributed by atoms with Gasteiger partial charge in [-0.1, -0.05) is 42.1 Å². The summed E-state index contributed by atoms with van der Waals surface area (Å²) in [5, 5.41) is 22.5. The lowest BCUT2D eigenvalue weighted by atomic mass is 10.0. The van der Waals surface area contributed by atoms with E-state index in [1.807, 2.05) is 6.07 Å². The summed E-state index contributed by atoms with van der Waals surface area (Å²) in [6.45, 7) is -0.348. The Morgan fingerprint density at radius 2 is 1.89 bits per heavy atom. The average Bonchev–Trinajstić information content (AvgIpc) is 2.66. The van der Waals surface area contributed by atoms with Crippen LogP contribution in [0.5, 0.6) is 0 Å². The molecule has 0 aliphatic carbocycles. The third kappa shape index (κ3) is 6.85. The van der Waals surface area contributed by atoms with Crippen molar-refractivity contribution in [2.45, 2.75) is 29.8 Å². The topological polar surface area (TPSA) is 82.5 Å². The predicted octanol–water partition coefficient (Wildman–Crippen LogP) is 2.79. The van der Waals surface area contributed by atoms with Crippen LogP contribution in [0.4, 0.5) is 13.2 Å². The van der Waals surface area contributed by atoms with E-state index in [4.69, 9.17) is 0 Å². The van der Waals surface area contributed by atoms with Crippen LogP contribution in [0.2, 0.25) is 0 Å². The highest BCUT2D eigenvalue weighted by Crippen LogP contribution is 2.29. The van der Waals surface area contributed by atoms with Gasteiger partial charge in [-0.15, -0.1) is 0 Å². The van der Waals surface area contributed by atoms with Crippen LogP contribution in [-0.4, -0.2) is 39.5 Å². The van der Waals surface area contributed by atoms with Crippen LogP contribution in [0.25, 0.3) is 0 Å². The third-order valence-corrected chi connectivity index (χ3v) is 4.64. The van der Waals surface area contributed by atoms with E-state index in [1.54, 1.807) is 24.3 Å². The lowest BCUT2D eigenvalue weighted by Gasteiger charge is -2.20. The zero-order valence-corrected chi connectivity index (χ0v) is 15.0. The van der Waals surface area contributed by atoms with Gasteiger partial charge in [-0.3, -0.25) is 4.79 Å². The first-order valence-corrected chi connectivity index (χ1v) is 9.07. The van der Waals surface area contributed by atoms with Crippen molar-refractivity contribution in [1.29, 1.82) is 0 Å². The second kappa shape index (κ2) is 9.72. The molecule has 2 rings (SSSR count). The van der Waals surface area contributed by atoms with E-state index in [1.165, 1.54) is 6.07 Å². The minimum Gasteiger partial charge on any atom is -0.394 e. The molecule has 5 nitrogen and oxygen atoms in total. The van der Waals surface area contributed by atoms with Gasteiger partial charge in [0.25, 0.3) is 0 Å². The second-order valence-corrected chi connectivity index (χ2v) is 6.78. The Bertz CT molecular complexity index is 727. The Morgan fingerprint density at radius 1 is 1.19 bits per heavy atom. The van der Waals surface area contributed by atoms with Gasteiger partial charge in [-0.05, 0) is 24.1 Å². The van der Waals surface area contributed by atoms with Gasteiger partial charge in [0.15, 0.2) is 0 Å². The summed E-state index contributed by atoms with van der Waals surface area (Å²) in [7, 11) is 0. The molecule has 146 valence electrons. The number of aliphatic hydroxyl groups is 2. The Kier molecular flexibility index (Phi) is 7.64. The number of aromatic nitrogens is 1. The van der Waals surface area contributed by atoms with Crippen LogP contribution in [0.3, 0.4) is 0 Å². The summed E-state index contributed by atoms with van der Waals surface area (Å²) in [4.78, 5) is 15.7. The largest absolute Gasteiger partial charge is 0.417 e. The molecule has 0 aliphatic rings. The molecule has 2 atom stereocenters. The van der Waals surface area contributed by atoms with Crippen molar-refractivity contribution in [3.63, 3.8) is 0 Å². The second-order valence-electron chi connectivity index (χ2n) is 5.78. The molecular weight excluding hydrogens is 381 g/mol. The number of halogens is 3. The molecular formula is C18H19F3N2O3S. The Hall–Kier alpha value is -2.10. The molecule has 1 aromatic heterocycles. The van der Waals surface area contributed by atoms with Crippen LogP contribution < -0.4 is 5.32 Å². The molecule has 0 radical (unpaired) electrons. The maximum Gasteiger partial charge on any atom is 0.417 e. The average molecular weight is 400 g/mol. The van der Waals surface area contributed by atoms with E-state index in [9.17, 15) is 28.2 Å². The van der Waals surface area contributed by atoms with E-state index in [-0.39, 0.29) is 23.8 Å². The summed E-state index contributed by atoms with van der Waals surface area (Å²) in [6, 6.07) is 10.3. The van der Waals surface area contributed by atoms with Crippen molar-refractivity contribution in [2.75, 3.05) is 12.4 Å². The smallest absolute Gasteiger partial charge is 0.394 e. The van der Waals surface area contributed by atoms with E-state index >= 15 is 0 Å². The first-order valence-electron chi connectivity index (χ1n) is 8.09. The van der Waals surface area contributed by atoms with Crippen molar-refractivity contribution in [2.24, 2.45) is 0 Å². The van der Waals surface area contributed by atoms with E-state index in [2.05, 4.69) is 10.3 Å². The van der Waals surface area contributed by atoms with E-state index in [0.717, 1.165) is 17.8 Å². The van der Waals surface area contributed by atoms with Crippen molar-refractivity contribution < 1.29 is 28.2 Å². The molecule has 0 spiro atoms. The maximum absolute atomic E-state index is 12.5. The highest BCUT2D eigenvalue weighted by atomic mass is 32.2. The van der Waals surface area contributed by atoms with Crippen LogP contribution in [0.1, 0.15) is 23.7 Å². The molecule has 0 saturated carbocycles. The molecule has 27 heavy (non-hydrogen) atoms. The zero-order valence-electron chi connectivity index (χ0n) is 14.2. The number of thioether (sulfide) groups is 1. The van der Waals surface area contributed by atoms with Gasteiger partial charge >= 0.3 is 6.18 Å². The zero-order chi connectivity index (χ0) is 19.9. The van der Waals surface area contributed by atoms with Crippen molar-refractivity contribution in [1.82, 2.24) is 10.3 Å². The summed E-state index contributed by atoms with van der Waals surface area (Å²) in [5.74, 6) is -0.489. The van der Waals surface area contributed by atoms with Crippen LogP contribution in [0.15, 0.2) is 53.7 Å². The molecule has 2 unspecified atom stereocenters. The Balaban J connectivity index is 1.83. The fraction of sp³-hybridized carbons (Fsp3) is 0.333. The van der Waals surface area contributed by atoms with E-state index in [0.29, 0.717) is 11.8 Å². The number of nitrogens with zero attached hydrogens (tertiary/aromatic N) is 1. The van der Waals surface area contributed by atoms with Crippen LogP contribution in [-0.2, 0) is 11.0 Å². The molecule has 1 amide bonds. The number of nitrogens with one attached hydrogen (secondary N) is 1. The molecule has 0 bridgehead atoms. The minimum absolute atomic E-state index is 0.0731. The van der Waals surface area contributed by atoms with Gasteiger partial charge < -0.3 is 15.5 Å². The molecule has 3 N–H and O–H groups in total. The van der Waals surface area contributed by atoms with E-state index < -0.39 is 29.8 Å². The highest BCUT2D eigenvalue weighted by Gasteiger charge is 2.30. The van der Waals surface area contributed by atoms with Gasteiger partial charge in [0.05, 0.1) is 35.1 Å². The van der Waals surface area contributed by atoms with Gasteiger partial charge in [0.1, 0.15) is 0 Å². The number of alkyl halides is 3. The number of hydrogen-bond donors (Lipinski definition) is 3. The van der Waals surface area contributed by atoms with Crippen LogP contribution in [0, 0.1) is 0 Å². The molecule has 1 heterocycles. The highest BCUT2D eigenvalue weighted by molar-refractivity contribution is 7.99. The summed E-state index contributed by atoms with van der Waals surface area (Å²) < 4.78 is 37.5. The third-order valence-electron chi connectivity index (χ3n) is 3.69. The number of rotatable bonds is 8. The van der Waals surface area contributed by atoms with Gasteiger partial charge in [-0.2, -0.15) is 13.2 Å². The van der Waals surface area contributed by atoms with Gasteiger partial charge in [-0.25, -0.2) is 4.98 Å². The summed E-state index contributed by atoms with van der Waals surface area (Å²) in [6.07, 6.45) is -4.45. The number of amides is 1. The minimum atomic E-state index is -4.46. The molecule has 0 aliphatic heterocycles. The first-order chi connectivity index (χ1) is 12.8. The number of benzene rings is 1. The van der Waals surface area contributed by atoms with Gasteiger partial charge in [0, 0.05) is 6.20 Å². The van der Waals surface area contributed by atoms with Crippen LogP contribution >= 0.6 is 11.8 Å². The maximum atomic E-state index is 12.5. The lowest BCUT2D eigenvalue weighted by molar-refractivity contribution is -0.137. The summed E-state index contributed by atoms with van der Waals surface area (Å²) in [5.41, 5.74) is -0.180. The predicted molar refractivity (Wildman–Crippen MR) is 95.0 cm³/mol. The molecule has 9 heteroatoms. The fourth-order valence-electron chi connectivity index (χ4n) is 2.30. The monoisotopic (exact) mass is 400 g/mol. The number of carbonyl (C=O) groups is 1. The summed E-state index contributed by atoms with van der Waals surface area (Å²) >= 11 is 0.981. The molecule has 1 aromatic carbocycles. The fourth-order valence-corrected chi connectivity index (χ4v) is 2.96. The normalized spacial score (nSPS) is 13.8. The Labute approximate surface area is 158 Å². The first kappa shape index (κ1) is 21.2. The Morgan fingerprint density at radius 3 is 2.44 bits per heavy atom. The quantitative estimate of drug-likeness (QED) is 0.594. The number of carbonyl (C=O) groups excluding carboxylic acids is 1. The van der Waals surface area contributed by atoms with Crippen molar-refractivity contribution in [3.05, 3.63) is 59.8 Å². The number of hydrogen-bond acceptors (Lipinski definition) is 5. The standard InChI is InChI=1S/C18H19F3N2O3S/c19-18(20,21)13-6-7-17(22-9-13)27-11-16(26)23-14(10-24)8-15(25)12-4-2-1-3-5-12/h1-7,9,14-15,24-25H,8,10-11H2,(H,23,26). The van der Waals surface area contributed by atoms with Gasteiger partial charge in [0.2, 0.25) is 5.91 Å². The van der Waals surface area contributed by atoms with Crippen molar-refractivity contribution in [3.8, 4) is 0 Å².